The van der Waals surface area contributed by atoms with Crippen LogP contribution in [0.3, 0.4) is 0 Å². The summed E-state index contributed by atoms with van der Waals surface area (Å²) in [4.78, 5) is 42.9. The highest BCUT2D eigenvalue weighted by atomic mass is 35.5. The largest absolute Gasteiger partial charge is 0.447 e. The Labute approximate surface area is 181 Å². The van der Waals surface area contributed by atoms with Crippen LogP contribution >= 0.6 is 12.4 Å². The smallest absolute Gasteiger partial charge is 0.414 e. The predicted molar refractivity (Wildman–Crippen MR) is 114 cm³/mol. The molecule has 0 bridgehead atoms. The van der Waals surface area contributed by atoms with Gasteiger partial charge in [-0.05, 0) is 31.9 Å². The molecular formula is C20H25ClN6O3. The summed E-state index contributed by atoms with van der Waals surface area (Å²) in [5.74, 6) is 0.892. The van der Waals surface area contributed by atoms with Crippen LogP contribution in [-0.2, 0) is 4.74 Å². The first kappa shape index (κ1) is 21.8. The summed E-state index contributed by atoms with van der Waals surface area (Å²) in [5, 5.41) is 0. The van der Waals surface area contributed by atoms with E-state index in [1.54, 1.807) is 4.90 Å². The molecule has 2 aromatic rings. The van der Waals surface area contributed by atoms with Crippen molar-refractivity contribution in [1.82, 2.24) is 19.9 Å². The Morgan fingerprint density at radius 3 is 2.30 bits per heavy atom. The van der Waals surface area contributed by atoms with E-state index in [1.807, 2.05) is 20.0 Å². The molecule has 9 nitrogen and oxygen atoms in total. The molecule has 160 valence electrons. The van der Waals surface area contributed by atoms with Crippen LogP contribution in [0.25, 0.3) is 0 Å². The van der Waals surface area contributed by atoms with Gasteiger partial charge in [0.2, 0.25) is 5.82 Å². The van der Waals surface area contributed by atoms with Gasteiger partial charge in [-0.25, -0.2) is 19.7 Å². The van der Waals surface area contributed by atoms with Crippen molar-refractivity contribution >= 4 is 35.9 Å². The van der Waals surface area contributed by atoms with Crippen LogP contribution in [0.4, 0.5) is 16.3 Å². The van der Waals surface area contributed by atoms with Crippen molar-refractivity contribution < 1.29 is 14.3 Å². The van der Waals surface area contributed by atoms with Gasteiger partial charge in [-0.3, -0.25) is 9.69 Å². The number of rotatable bonds is 3. The van der Waals surface area contributed by atoms with Gasteiger partial charge in [-0.2, -0.15) is 0 Å². The first-order chi connectivity index (χ1) is 13.9. The molecule has 1 atom stereocenters. The van der Waals surface area contributed by atoms with Gasteiger partial charge < -0.3 is 14.5 Å². The highest BCUT2D eigenvalue weighted by Crippen LogP contribution is 2.22. The Bertz CT molecular complexity index is 931. The minimum absolute atomic E-state index is 0. The van der Waals surface area contributed by atoms with E-state index in [-0.39, 0.29) is 30.2 Å². The van der Waals surface area contributed by atoms with Crippen LogP contribution in [0, 0.1) is 13.8 Å². The lowest BCUT2D eigenvalue weighted by Gasteiger charge is -2.35. The number of halogens is 1. The molecule has 30 heavy (non-hydrogen) atoms. The van der Waals surface area contributed by atoms with Gasteiger partial charge >= 0.3 is 6.09 Å². The summed E-state index contributed by atoms with van der Waals surface area (Å²) in [7, 11) is 0. The van der Waals surface area contributed by atoms with Crippen molar-refractivity contribution in [2.75, 3.05) is 42.6 Å². The van der Waals surface area contributed by atoms with Crippen molar-refractivity contribution in [2.24, 2.45) is 0 Å². The van der Waals surface area contributed by atoms with Crippen molar-refractivity contribution in [1.29, 1.82) is 0 Å². The summed E-state index contributed by atoms with van der Waals surface area (Å²) in [6.07, 6.45) is 4.45. The molecular weight excluding hydrogens is 408 g/mol. The standard InChI is InChI=1S/C20H24N6O3.ClH/c1-13-8-14(2)18(23-9-13)24-4-6-25(7-5-24)19(27)17-21-10-16(11-22-17)26-15(3)12-29-20(26)28;/h8-11,15H,4-7,12H2,1-3H3;1H/t15-;/m1./s1. The zero-order chi connectivity index (χ0) is 20.5. The van der Waals surface area contributed by atoms with Crippen LogP contribution in [0.1, 0.15) is 28.7 Å². The summed E-state index contributed by atoms with van der Waals surface area (Å²) < 4.78 is 5.01. The topological polar surface area (TPSA) is 91.8 Å². The third-order valence-corrected chi connectivity index (χ3v) is 5.25. The number of aromatic nitrogens is 3. The first-order valence-electron chi connectivity index (χ1n) is 9.69. The van der Waals surface area contributed by atoms with E-state index in [4.69, 9.17) is 4.74 Å². The lowest BCUT2D eigenvalue weighted by atomic mass is 10.2. The van der Waals surface area contributed by atoms with Crippen molar-refractivity contribution in [3.63, 3.8) is 0 Å². The van der Waals surface area contributed by atoms with Gasteiger partial charge in [0.15, 0.2) is 0 Å². The number of carbonyl (C=O) groups is 2. The molecule has 2 amide bonds. The number of cyclic esters (lactones) is 1. The number of hydrogen-bond donors (Lipinski definition) is 0. The number of aryl methyl sites for hydroxylation is 2. The number of anilines is 2. The highest BCUT2D eigenvalue weighted by Gasteiger charge is 2.32. The molecule has 0 unspecified atom stereocenters. The molecule has 0 N–H and O–H groups in total. The molecule has 2 aliphatic heterocycles. The Hall–Kier alpha value is -2.94. The second-order valence-electron chi connectivity index (χ2n) is 7.49. The Morgan fingerprint density at radius 2 is 1.73 bits per heavy atom. The molecule has 2 fully saturated rings. The minimum atomic E-state index is -0.420. The monoisotopic (exact) mass is 432 g/mol. The van der Waals surface area contributed by atoms with Gasteiger partial charge in [0.05, 0.1) is 24.1 Å². The number of amides is 2. The molecule has 0 aromatic carbocycles. The van der Waals surface area contributed by atoms with Crippen LogP contribution in [0.15, 0.2) is 24.7 Å². The average molecular weight is 433 g/mol. The number of ether oxygens (including phenoxy) is 1. The summed E-state index contributed by atoms with van der Waals surface area (Å²) in [6, 6.07) is 2.03. The fourth-order valence-electron chi connectivity index (χ4n) is 3.73. The van der Waals surface area contributed by atoms with E-state index in [0.29, 0.717) is 38.5 Å². The summed E-state index contributed by atoms with van der Waals surface area (Å²) in [6.45, 7) is 8.87. The molecule has 0 spiro atoms. The summed E-state index contributed by atoms with van der Waals surface area (Å²) in [5.41, 5.74) is 2.80. The van der Waals surface area contributed by atoms with Crippen molar-refractivity contribution in [2.45, 2.75) is 26.8 Å². The molecule has 2 aromatic heterocycles. The van der Waals surface area contributed by atoms with Crippen LogP contribution in [0.2, 0.25) is 0 Å². The lowest BCUT2D eigenvalue weighted by Crippen LogP contribution is -2.49. The molecule has 2 aliphatic rings. The minimum Gasteiger partial charge on any atom is -0.447 e. The number of piperazine rings is 1. The van der Waals surface area contributed by atoms with E-state index in [0.717, 1.165) is 16.9 Å². The Balaban J connectivity index is 0.00000256. The van der Waals surface area contributed by atoms with Crippen LogP contribution in [0.5, 0.6) is 0 Å². The van der Waals surface area contributed by atoms with E-state index in [9.17, 15) is 9.59 Å². The number of carbonyl (C=O) groups excluding carboxylic acids is 2. The van der Waals surface area contributed by atoms with Crippen LogP contribution in [-0.4, -0.2) is 70.7 Å². The SMILES string of the molecule is Cc1cnc(N2CCN(C(=O)c3ncc(N4C(=O)OC[C@H]4C)cn3)CC2)c(C)c1.Cl. The lowest BCUT2D eigenvalue weighted by molar-refractivity contribution is 0.0734. The van der Waals surface area contributed by atoms with Gasteiger partial charge in [0, 0.05) is 32.4 Å². The van der Waals surface area contributed by atoms with Crippen molar-refractivity contribution in [3.8, 4) is 0 Å². The quantitative estimate of drug-likeness (QED) is 0.734. The van der Waals surface area contributed by atoms with E-state index >= 15 is 0 Å². The maximum Gasteiger partial charge on any atom is 0.414 e. The normalized spacial score (nSPS) is 18.8. The second-order valence-corrected chi connectivity index (χ2v) is 7.49. The van der Waals surface area contributed by atoms with E-state index in [1.165, 1.54) is 17.3 Å². The van der Waals surface area contributed by atoms with Gasteiger partial charge in [-0.1, -0.05) is 6.07 Å². The third kappa shape index (κ3) is 4.16. The maximum absolute atomic E-state index is 12.8. The molecule has 4 heterocycles. The van der Waals surface area contributed by atoms with Crippen molar-refractivity contribution in [3.05, 3.63) is 41.6 Å². The molecule has 0 saturated carbocycles. The second kappa shape index (κ2) is 8.83. The van der Waals surface area contributed by atoms with E-state index < -0.39 is 6.09 Å². The maximum atomic E-state index is 12.8. The molecule has 0 radical (unpaired) electrons. The number of hydrogen-bond acceptors (Lipinski definition) is 7. The number of pyridine rings is 1. The van der Waals surface area contributed by atoms with Gasteiger partial charge in [0.25, 0.3) is 5.91 Å². The highest BCUT2D eigenvalue weighted by molar-refractivity contribution is 5.92. The predicted octanol–water partition coefficient (Wildman–Crippen LogP) is 2.22. The van der Waals surface area contributed by atoms with E-state index in [2.05, 4.69) is 32.8 Å². The zero-order valence-electron chi connectivity index (χ0n) is 17.2. The van der Waals surface area contributed by atoms with Gasteiger partial charge in [0.1, 0.15) is 12.4 Å². The molecule has 4 rings (SSSR count). The Morgan fingerprint density at radius 1 is 1.07 bits per heavy atom. The van der Waals surface area contributed by atoms with Crippen LogP contribution < -0.4 is 9.80 Å². The average Bonchev–Trinajstić information content (AvgIpc) is 3.06. The third-order valence-electron chi connectivity index (χ3n) is 5.25. The first-order valence-corrected chi connectivity index (χ1v) is 9.69. The zero-order valence-corrected chi connectivity index (χ0v) is 18.1. The number of nitrogens with zero attached hydrogens (tertiary/aromatic N) is 6. The fraction of sp³-hybridized carbons (Fsp3) is 0.450. The molecule has 0 aliphatic carbocycles. The molecule has 10 heteroatoms. The Kier molecular flexibility index (Phi) is 6.40. The summed E-state index contributed by atoms with van der Waals surface area (Å²) >= 11 is 0. The van der Waals surface area contributed by atoms with Gasteiger partial charge in [-0.15, -0.1) is 12.4 Å². The molecule has 2 saturated heterocycles. The fourth-order valence-corrected chi connectivity index (χ4v) is 3.73.